The van der Waals surface area contributed by atoms with Gasteiger partial charge in [0.1, 0.15) is 5.65 Å². The number of allylic oxidation sites excluding steroid dienone is 1. The largest absolute Gasteiger partial charge is 0.300 e. The molecule has 2 aromatic heterocycles. The van der Waals surface area contributed by atoms with Crippen molar-refractivity contribution in [2.75, 3.05) is 0 Å². The van der Waals surface area contributed by atoms with Gasteiger partial charge in [0.15, 0.2) is 9.84 Å². The molecule has 0 amide bonds. The molecule has 104 valence electrons. The maximum absolute atomic E-state index is 12.3. The quantitative estimate of drug-likeness (QED) is 0.810. The van der Waals surface area contributed by atoms with E-state index < -0.39 is 9.84 Å². The first-order chi connectivity index (χ1) is 9.66. The smallest absolute Gasteiger partial charge is 0.159 e. The van der Waals surface area contributed by atoms with Crippen LogP contribution in [0.2, 0.25) is 0 Å². The zero-order chi connectivity index (χ0) is 13.7. The molecule has 0 radical (unpaired) electrons. The maximum atomic E-state index is 12.3. The van der Waals surface area contributed by atoms with E-state index in [4.69, 9.17) is 0 Å². The van der Waals surface area contributed by atoms with E-state index >= 15 is 0 Å². The van der Waals surface area contributed by atoms with Crippen LogP contribution in [-0.2, 0) is 9.84 Å². The summed E-state index contributed by atoms with van der Waals surface area (Å²) in [4.78, 5) is 4.40. The Morgan fingerprint density at radius 3 is 3.00 bits per heavy atom. The van der Waals surface area contributed by atoms with Crippen LogP contribution < -0.4 is 0 Å². The highest BCUT2D eigenvalue weighted by atomic mass is 32.2. The Labute approximate surface area is 118 Å². The van der Waals surface area contributed by atoms with Crippen molar-refractivity contribution in [3.8, 4) is 0 Å². The second kappa shape index (κ2) is 4.19. The van der Waals surface area contributed by atoms with E-state index in [9.17, 15) is 8.42 Å². The average molecular weight is 288 g/mol. The van der Waals surface area contributed by atoms with Gasteiger partial charge in [-0.3, -0.25) is 0 Å². The number of sulfone groups is 1. The van der Waals surface area contributed by atoms with E-state index in [1.807, 2.05) is 41.1 Å². The van der Waals surface area contributed by atoms with Gasteiger partial charge in [-0.05, 0) is 37.0 Å². The zero-order valence-corrected chi connectivity index (χ0v) is 11.9. The van der Waals surface area contributed by atoms with E-state index in [0.717, 1.165) is 36.2 Å². The third kappa shape index (κ3) is 1.66. The molecule has 4 rings (SSSR count). The normalized spacial score (nSPS) is 28.3. The Morgan fingerprint density at radius 1 is 1.25 bits per heavy atom. The van der Waals surface area contributed by atoms with Gasteiger partial charge in [-0.1, -0.05) is 18.6 Å². The highest BCUT2D eigenvalue weighted by Crippen LogP contribution is 2.39. The van der Waals surface area contributed by atoms with E-state index in [0.29, 0.717) is 6.42 Å². The molecule has 2 aromatic rings. The average Bonchev–Trinajstić information content (AvgIpc) is 2.81. The Balaban J connectivity index is 1.86. The van der Waals surface area contributed by atoms with Gasteiger partial charge in [0.25, 0.3) is 0 Å². The number of nitrogens with zero attached hydrogens (tertiary/aromatic N) is 2. The zero-order valence-electron chi connectivity index (χ0n) is 11.1. The highest BCUT2D eigenvalue weighted by Gasteiger charge is 2.40. The van der Waals surface area contributed by atoms with Crippen molar-refractivity contribution in [3.05, 3.63) is 42.4 Å². The second-order valence-corrected chi connectivity index (χ2v) is 8.10. The van der Waals surface area contributed by atoms with Crippen molar-refractivity contribution in [1.29, 1.82) is 0 Å². The van der Waals surface area contributed by atoms with Crippen molar-refractivity contribution in [2.45, 2.75) is 36.2 Å². The summed E-state index contributed by atoms with van der Waals surface area (Å²) < 4.78 is 26.7. The molecule has 2 aliphatic rings. The van der Waals surface area contributed by atoms with Crippen LogP contribution in [-0.4, -0.2) is 28.3 Å². The van der Waals surface area contributed by atoms with Crippen molar-refractivity contribution in [1.82, 2.24) is 9.38 Å². The molecule has 1 fully saturated rings. The molecule has 2 unspecified atom stereocenters. The lowest BCUT2D eigenvalue weighted by molar-refractivity contribution is 0.517. The summed E-state index contributed by atoms with van der Waals surface area (Å²) in [5, 5.41) is -0.491. The second-order valence-electron chi connectivity index (χ2n) is 5.65. The minimum absolute atomic E-state index is 0.199. The first-order valence-electron chi connectivity index (χ1n) is 7.02. The fraction of sp³-hybridized carbons (Fsp3) is 0.400. The topological polar surface area (TPSA) is 51.4 Å². The fourth-order valence-electron chi connectivity index (χ4n) is 3.42. The summed E-state index contributed by atoms with van der Waals surface area (Å²) in [6, 6.07) is 5.89. The molecule has 0 aliphatic carbocycles. The molecule has 5 heteroatoms. The summed E-state index contributed by atoms with van der Waals surface area (Å²) in [6.07, 6.45) is 9.01. The lowest BCUT2D eigenvalue weighted by Gasteiger charge is -2.33. The molecule has 4 nitrogen and oxygen atoms in total. The van der Waals surface area contributed by atoms with Crippen LogP contribution in [0, 0.1) is 0 Å². The van der Waals surface area contributed by atoms with Gasteiger partial charge in [-0.2, -0.15) is 0 Å². The standard InChI is InChI=1S/C15H16N2O2S/c18-20(19)12-4-3-5-13(20)9-11(8-12)14-10-16-15-6-1-2-7-17(14)15/h1-2,6-8,10,12-13H,3-5,9H2. The minimum Gasteiger partial charge on any atom is -0.300 e. The van der Waals surface area contributed by atoms with Crippen LogP contribution in [0.5, 0.6) is 0 Å². The molecule has 0 N–H and O–H groups in total. The molecule has 4 heterocycles. The third-order valence-corrected chi connectivity index (χ3v) is 7.03. The van der Waals surface area contributed by atoms with Crippen molar-refractivity contribution >= 4 is 21.1 Å². The maximum Gasteiger partial charge on any atom is 0.159 e. The Hall–Kier alpha value is -1.62. The number of hydrogen-bond donors (Lipinski definition) is 0. The summed E-state index contributed by atoms with van der Waals surface area (Å²) in [5.74, 6) is 0. The number of fused-ring (bicyclic) bond motifs is 3. The first-order valence-corrected chi connectivity index (χ1v) is 8.63. The molecule has 2 bridgehead atoms. The van der Waals surface area contributed by atoms with Crippen LogP contribution >= 0.6 is 0 Å². The van der Waals surface area contributed by atoms with Crippen LogP contribution in [0.4, 0.5) is 0 Å². The number of hydrogen-bond acceptors (Lipinski definition) is 3. The van der Waals surface area contributed by atoms with Gasteiger partial charge >= 0.3 is 0 Å². The van der Waals surface area contributed by atoms with Crippen LogP contribution in [0.15, 0.2) is 36.7 Å². The number of imidazole rings is 1. The summed E-state index contributed by atoms with van der Waals surface area (Å²) in [6.45, 7) is 0. The van der Waals surface area contributed by atoms with Crippen molar-refractivity contribution in [2.24, 2.45) is 0 Å². The van der Waals surface area contributed by atoms with Crippen molar-refractivity contribution in [3.63, 3.8) is 0 Å². The van der Waals surface area contributed by atoms with E-state index in [2.05, 4.69) is 4.98 Å². The lowest BCUT2D eigenvalue weighted by atomic mass is 9.96. The molecule has 2 aliphatic heterocycles. The Kier molecular flexibility index (Phi) is 2.54. The highest BCUT2D eigenvalue weighted by molar-refractivity contribution is 7.93. The van der Waals surface area contributed by atoms with Gasteiger partial charge < -0.3 is 4.40 Å². The fourth-order valence-corrected chi connectivity index (χ4v) is 5.67. The molecular formula is C15H16N2O2S. The molecule has 1 saturated heterocycles. The molecular weight excluding hydrogens is 272 g/mol. The third-order valence-electron chi connectivity index (χ3n) is 4.48. The van der Waals surface area contributed by atoms with E-state index in [-0.39, 0.29) is 10.5 Å². The minimum atomic E-state index is -2.95. The lowest BCUT2D eigenvalue weighted by Crippen LogP contribution is -2.38. The van der Waals surface area contributed by atoms with Gasteiger partial charge in [-0.15, -0.1) is 0 Å². The van der Waals surface area contributed by atoms with E-state index in [1.165, 1.54) is 0 Å². The Bertz CT molecular complexity index is 804. The van der Waals surface area contributed by atoms with Gasteiger partial charge in [0.2, 0.25) is 0 Å². The molecule has 0 spiro atoms. The molecule has 20 heavy (non-hydrogen) atoms. The van der Waals surface area contributed by atoms with Crippen LogP contribution in [0.1, 0.15) is 31.4 Å². The van der Waals surface area contributed by atoms with Crippen LogP contribution in [0.25, 0.3) is 11.2 Å². The van der Waals surface area contributed by atoms with E-state index in [1.54, 1.807) is 0 Å². The number of rotatable bonds is 1. The molecule has 0 aromatic carbocycles. The monoisotopic (exact) mass is 288 g/mol. The van der Waals surface area contributed by atoms with Gasteiger partial charge in [-0.25, -0.2) is 13.4 Å². The summed E-state index contributed by atoms with van der Waals surface area (Å²) in [5.41, 5.74) is 3.07. The molecule has 0 saturated carbocycles. The van der Waals surface area contributed by atoms with Gasteiger partial charge in [0, 0.05) is 6.20 Å². The predicted molar refractivity (Wildman–Crippen MR) is 78.1 cm³/mol. The number of pyridine rings is 1. The van der Waals surface area contributed by atoms with Crippen LogP contribution in [0.3, 0.4) is 0 Å². The number of aromatic nitrogens is 2. The summed E-state index contributed by atoms with van der Waals surface area (Å²) >= 11 is 0. The predicted octanol–water partition coefficient (Wildman–Crippen LogP) is 2.46. The molecule has 2 atom stereocenters. The summed E-state index contributed by atoms with van der Waals surface area (Å²) in [7, 11) is -2.95. The van der Waals surface area contributed by atoms with Gasteiger partial charge in [0.05, 0.1) is 22.4 Å². The first kappa shape index (κ1) is 12.1. The SMILES string of the molecule is O=S1(=O)C2C=C(c3cnc4ccccn34)CC1CCC2. The Morgan fingerprint density at radius 2 is 2.15 bits per heavy atom. The van der Waals surface area contributed by atoms with Crippen molar-refractivity contribution < 1.29 is 8.42 Å².